The highest BCUT2D eigenvalue weighted by Crippen LogP contribution is 2.29. The van der Waals surface area contributed by atoms with Crippen LogP contribution in [0.3, 0.4) is 0 Å². The second kappa shape index (κ2) is 12.1. The number of rotatable bonds is 9. The molecule has 8 heteroatoms. The van der Waals surface area contributed by atoms with Gasteiger partial charge in [-0.15, -0.1) is 0 Å². The fraction of sp³-hybridized carbons (Fsp3) is 0.160. The predicted octanol–water partition coefficient (Wildman–Crippen LogP) is 5.70. The molecule has 0 aliphatic rings. The van der Waals surface area contributed by atoms with Crippen molar-refractivity contribution in [2.45, 2.75) is 29.6 Å². The molecule has 170 valence electrons. The molecule has 0 aliphatic carbocycles. The van der Waals surface area contributed by atoms with Crippen molar-refractivity contribution < 1.29 is 19.1 Å². The number of carbonyl (C=O) groups excluding carboxylic acids is 3. The summed E-state index contributed by atoms with van der Waals surface area (Å²) in [5.74, 6) is -1.36. The SMILES string of the molecule is Cc1ccc(NC(=O)COC(=O)CCC(=O)Nc2ccc(Sc3ccc(Cl)cc3)cc2)cc1. The number of benzene rings is 3. The number of hydrogen-bond donors (Lipinski definition) is 2. The van der Waals surface area contributed by atoms with Crippen LogP contribution < -0.4 is 10.6 Å². The molecule has 0 aromatic heterocycles. The molecule has 6 nitrogen and oxygen atoms in total. The maximum Gasteiger partial charge on any atom is 0.306 e. The number of ether oxygens (including phenoxy) is 1. The summed E-state index contributed by atoms with van der Waals surface area (Å²) in [7, 11) is 0. The third-order valence-corrected chi connectivity index (χ3v) is 5.71. The van der Waals surface area contributed by atoms with Gasteiger partial charge in [0.05, 0.1) is 6.42 Å². The summed E-state index contributed by atoms with van der Waals surface area (Å²) in [6.07, 6.45) is -0.159. The van der Waals surface area contributed by atoms with Crippen LogP contribution in [0.25, 0.3) is 0 Å². The van der Waals surface area contributed by atoms with Crippen molar-refractivity contribution in [2.75, 3.05) is 17.2 Å². The Morgan fingerprint density at radius 1 is 0.758 bits per heavy atom. The first-order chi connectivity index (χ1) is 15.9. The number of hydrogen-bond acceptors (Lipinski definition) is 5. The highest BCUT2D eigenvalue weighted by atomic mass is 35.5. The Bertz CT molecular complexity index is 1100. The normalized spacial score (nSPS) is 10.4. The summed E-state index contributed by atoms with van der Waals surface area (Å²) in [5, 5.41) is 6.07. The lowest BCUT2D eigenvalue weighted by molar-refractivity contribution is -0.147. The van der Waals surface area contributed by atoms with Crippen molar-refractivity contribution in [1.29, 1.82) is 0 Å². The van der Waals surface area contributed by atoms with E-state index in [0.29, 0.717) is 16.4 Å². The zero-order valence-electron chi connectivity index (χ0n) is 18.0. The maximum atomic E-state index is 12.1. The molecule has 0 atom stereocenters. The molecule has 0 radical (unpaired) electrons. The topological polar surface area (TPSA) is 84.5 Å². The Kier molecular flexibility index (Phi) is 8.92. The minimum Gasteiger partial charge on any atom is -0.456 e. The molecule has 2 N–H and O–H groups in total. The molecule has 3 aromatic carbocycles. The van der Waals surface area contributed by atoms with E-state index in [1.165, 1.54) is 0 Å². The first-order valence-corrected chi connectivity index (χ1v) is 11.4. The van der Waals surface area contributed by atoms with Gasteiger partial charge in [0.1, 0.15) is 0 Å². The van der Waals surface area contributed by atoms with E-state index in [-0.39, 0.29) is 18.7 Å². The van der Waals surface area contributed by atoms with Crippen LogP contribution in [0.1, 0.15) is 18.4 Å². The Hall–Kier alpha value is -3.29. The largest absolute Gasteiger partial charge is 0.456 e. The van der Waals surface area contributed by atoms with Crippen LogP contribution in [-0.2, 0) is 19.1 Å². The van der Waals surface area contributed by atoms with Gasteiger partial charge in [-0.05, 0) is 67.6 Å². The summed E-state index contributed by atoms with van der Waals surface area (Å²) in [6.45, 7) is 1.54. The molecule has 0 unspecified atom stereocenters. The molecular weight excluding hydrogens is 460 g/mol. The van der Waals surface area contributed by atoms with E-state index in [0.717, 1.165) is 15.4 Å². The summed E-state index contributed by atoms with van der Waals surface area (Å²) in [4.78, 5) is 37.9. The van der Waals surface area contributed by atoms with Gasteiger partial charge < -0.3 is 15.4 Å². The Morgan fingerprint density at radius 2 is 1.27 bits per heavy atom. The van der Waals surface area contributed by atoms with Crippen molar-refractivity contribution in [2.24, 2.45) is 0 Å². The lowest BCUT2D eigenvalue weighted by Crippen LogP contribution is -2.21. The Balaban J connectivity index is 1.36. The first kappa shape index (κ1) is 24.4. The van der Waals surface area contributed by atoms with Crippen molar-refractivity contribution in [3.63, 3.8) is 0 Å². The number of halogens is 1. The van der Waals surface area contributed by atoms with Gasteiger partial charge in [0, 0.05) is 32.6 Å². The molecule has 0 heterocycles. The highest BCUT2D eigenvalue weighted by Gasteiger charge is 2.11. The van der Waals surface area contributed by atoms with Crippen LogP contribution in [0.4, 0.5) is 11.4 Å². The second-order valence-corrected chi connectivity index (χ2v) is 8.79. The standard InChI is InChI=1S/C25H23ClN2O4S/c1-17-2-6-19(7-3-17)28-24(30)16-32-25(31)15-14-23(29)27-20-8-12-22(13-9-20)33-21-10-4-18(26)5-11-21/h2-13H,14-16H2,1H3,(H,27,29)(H,28,30). The van der Waals surface area contributed by atoms with Crippen LogP contribution in [0, 0.1) is 6.92 Å². The van der Waals surface area contributed by atoms with E-state index < -0.39 is 18.5 Å². The molecule has 0 fully saturated rings. The number of amides is 2. The average molecular weight is 483 g/mol. The molecule has 0 spiro atoms. The molecule has 2 amide bonds. The van der Waals surface area contributed by atoms with E-state index in [1.54, 1.807) is 36.0 Å². The number of nitrogens with one attached hydrogen (secondary N) is 2. The Labute approximate surface area is 201 Å². The monoisotopic (exact) mass is 482 g/mol. The lowest BCUT2D eigenvalue weighted by atomic mass is 10.2. The number of esters is 1. The highest BCUT2D eigenvalue weighted by molar-refractivity contribution is 7.99. The third-order valence-electron chi connectivity index (χ3n) is 4.44. The van der Waals surface area contributed by atoms with E-state index in [1.807, 2.05) is 55.5 Å². The quantitative estimate of drug-likeness (QED) is 0.382. The van der Waals surface area contributed by atoms with E-state index in [4.69, 9.17) is 16.3 Å². The molecule has 3 rings (SSSR count). The number of aryl methyl sites for hydroxylation is 1. The number of anilines is 2. The van der Waals surface area contributed by atoms with Gasteiger partial charge in [0.25, 0.3) is 5.91 Å². The van der Waals surface area contributed by atoms with Crippen LogP contribution in [0.2, 0.25) is 5.02 Å². The van der Waals surface area contributed by atoms with Crippen molar-refractivity contribution in [1.82, 2.24) is 0 Å². The third kappa shape index (κ3) is 8.63. The summed E-state index contributed by atoms with van der Waals surface area (Å²) in [6, 6.07) is 22.2. The van der Waals surface area contributed by atoms with Gasteiger partial charge in [-0.3, -0.25) is 14.4 Å². The average Bonchev–Trinajstić information content (AvgIpc) is 2.80. The molecule has 33 heavy (non-hydrogen) atoms. The van der Waals surface area contributed by atoms with E-state index in [9.17, 15) is 14.4 Å². The van der Waals surface area contributed by atoms with Gasteiger partial charge in [-0.1, -0.05) is 41.1 Å². The molecular formula is C25H23ClN2O4S. The van der Waals surface area contributed by atoms with Crippen molar-refractivity contribution in [3.05, 3.63) is 83.4 Å². The minimum atomic E-state index is -0.612. The summed E-state index contributed by atoms with van der Waals surface area (Å²) >= 11 is 7.48. The van der Waals surface area contributed by atoms with E-state index in [2.05, 4.69) is 10.6 Å². The van der Waals surface area contributed by atoms with Crippen LogP contribution in [-0.4, -0.2) is 24.4 Å². The second-order valence-electron chi connectivity index (χ2n) is 7.20. The van der Waals surface area contributed by atoms with Gasteiger partial charge >= 0.3 is 5.97 Å². The van der Waals surface area contributed by atoms with Gasteiger partial charge in [-0.2, -0.15) is 0 Å². The Morgan fingerprint density at radius 3 is 1.88 bits per heavy atom. The van der Waals surface area contributed by atoms with E-state index >= 15 is 0 Å². The van der Waals surface area contributed by atoms with Crippen LogP contribution >= 0.6 is 23.4 Å². The lowest BCUT2D eigenvalue weighted by Gasteiger charge is -2.08. The van der Waals surface area contributed by atoms with Gasteiger partial charge in [0.2, 0.25) is 5.91 Å². The first-order valence-electron chi connectivity index (χ1n) is 10.2. The predicted molar refractivity (Wildman–Crippen MR) is 131 cm³/mol. The van der Waals surface area contributed by atoms with Crippen molar-refractivity contribution in [3.8, 4) is 0 Å². The maximum absolute atomic E-state index is 12.1. The van der Waals surface area contributed by atoms with Crippen molar-refractivity contribution >= 4 is 52.5 Å². The smallest absolute Gasteiger partial charge is 0.306 e. The molecule has 0 aliphatic heterocycles. The van der Waals surface area contributed by atoms with Crippen LogP contribution in [0.5, 0.6) is 0 Å². The van der Waals surface area contributed by atoms with Gasteiger partial charge in [-0.25, -0.2) is 0 Å². The molecule has 0 saturated heterocycles. The van der Waals surface area contributed by atoms with Gasteiger partial charge in [0.15, 0.2) is 6.61 Å². The summed E-state index contributed by atoms with van der Waals surface area (Å²) in [5.41, 5.74) is 2.33. The zero-order chi connectivity index (χ0) is 23.6. The molecule has 3 aromatic rings. The fourth-order valence-corrected chi connectivity index (χ4v) is 3.68. The summed E-state index contributed by atoms with van der Waals surface area (Å²) < 4.78 is 4.94. The zero-order valence-corrected chi connectivity index (χ0v) is 19.5. The minimum absolute atomic E-state index is 0.0420. The molecule has 0 bridgehead atoms. The van der Waals surface area contributed by atoms with Crippen LogP contribution in [0.15, 0.2) is 82.6 Å². The molecule has 0 saturated carbocycles. The number of carbonyl (C=O) groups is 3. The fourth-order valence-electron chi connectivity index (χ4n) is 2.74.